The fraction of sp³-hybridized carbons (Fsp3) is 0.400. The third-order valence-electron chi connectivity index (χ3n) is 2.81. The van der Waals surface area contributed by atoms with Crippen LogP contribution < -0.4 is 4.74 Å². The standard InChI is InChI=1S/C15H18BrN3O/c1-11(2)15-18-13(16)10-14(19-15)20-9-3-4-12-5-7-17-8-6-12/h5-8,10-11H,3-4,9H2,1-2H3. The zero-order valence-corrected chi connectivity index (χ0v) is 13.3. The largest absolute Gasteiger partial charge is 0.478 e. The number of hydrogen-bond acceptors (Lipinski definition) is 4. The number of ether oxygens (including phenoxy) is 1. The highest BCUT2D eigenvalue weighted by atomic mass is 79.9. The predicted molar refractivity (Wildman–Crippen MR) is 81.9 cm³/mol. The Balaban J connectivity index is 1.85. The van der Waals surface area contributed by atoms with Crippen LogP contribution in [0.4, 0.5) is 0 Å². The number of pyridine rings is 1. The molecule has 2 aromatic rings. The van der Waals surface area contributed by atoms with E-state index in [2.05, 4.69) is 44.7 Å². The zero-order chi connectivity index (χ0) is 14.4. The molecular weight excluding hydrogens is 318 g/mol. The summed E-state index contributed by atoms with van der Waals surface area (Å²) >= 11 is 3.39. The van der Waals surface area contributed by atoms with E-state index in [-0.39, 0.29) is 5.92 Å². The molecule has 4 nitrogen and oxygen atoms in total. The molecule has 0 bridgehead atoms. The normalized spacial score (nSPS) is 10.8. The number of aromatic nitrogens is 3. The first-order valence-corrected chi connectivity index (χ1v) is 7.50. The van der Waals surface area contributed by atoms with Gasteiger partial charge in [-0.15, -0.1) is 0 Å². The van der Waals surface area contributed by atoms with Gasteiger partial charge >= 0.3 is 0 Å². The average Bonchev–Trinajstić information content (AvgIpc) is 2.44. The van der Waals surface area contributed by atoms with E-state index in [1.165, 1.54) is 5.56 Å². The molecular formula is C15H18BrN3O. The van der Waals surface area contributed by atoms with Crippen LogP contribution in [0, 0.1) is 0 Å². The van der Waals surface area contributed by atoms with Crippen molar-refractivity contribution in [3.63, 3.8) is 0 Å². The minimum absolute atomic E-state index is 0.284. The summed E-state index contributed by atoms with van der Waals surface area (Å²) in [7, 11) is 0. The van der Waals surface area contributed by atoms with Crippen LogP contribution in [0.5, 0.6) is 5.88 Å². The lowest BCUT2D eigenvalue weighted by atomic mass is 10.1. The Morgan fingerprint density at radius 1 is 1.20 bits per heavy atom. The maximum atomic E-state index is 5.70. The monoisotopic (exact) mass is 335 g/mol. The quantitative estimate of drug-likeness (QED) is 0.595. The van der Waals surface area contributed by atoms with Gasteiger partial charge in [0.2, 0.25) is 5.88 Å². The van der Waals surface area contributed by atoms with Gasteiger partial charge in [-0.3, -0.25) is 4.98 Å². The summed E-state index contributed by atoms with van der Waals surface area (Å²) in [5.74, 6) is 1.71. The van der Waals surface area contributed by atoms with Crippen molar-refractivity contribution >= 4 is 15.9 Å². The SMILES string of the molecule is CC(C)c1nc(Br)cc(OCCCc2ccncc2)n1. The van der Waals surface area contributed by atoms with Gasteiger partial charge in [0.25, 0.3) is 0 Å². The van der Waals surface area contributed by atoms with Gasteiger partial charge in [-0.2, -0.15) is 4.98 Å². The summed E-state index contributed by atoms with van der Waals surface area (Å²) in [4.78, 5) is 12.7. The second-order valence-electron chi connectivity index (χ2n) is 4.85. The summed E-state index contributed by atoms with van der Waals surface area (Å²) in [6.45, 7) is 4.77. The molecule has 2 aromatic heterocycles. The first-order valence-electron chi connectivity index (χ1n) is 6.71. The molecule has 0 aromatic carbocycles. The number of hydrogen-bond donors (Lipinski definition) is 0. The fourth-order valence-corrected chi connectivity index (χ4v) is 2.13. The molecule has 5 heteroatoms. The molecule has 0 unspecified atom stereocenters. The summed E-state index contributed by atoms with van der Waals surface area (Å²) in [5.41, 5.74) is 1.27. The number of nitrogens with zero attached hydrogens (tertiary/aromatic N) is 3. The lowest BCUT2D eigenvalue weighted by molar-refractivity contribution is 0.297. The summed E-state index contributed by atoms with van der Waals surface area (Å²) in [6, 6.07) is 5.86. The van der Waals surface area contributed by atoms with E-state index in [1.54, 1.807) is 6.07 Å². The van der Waals surface area contributed by atoms with E-state index in [4.69, 9.17) is 4.74 Å². The average molecular weight is 336 g/mol. The third kappa shape index (κ3) is 4.56. The van der Waals surface area contributed by atoms with Crippen molar-refractivity contribution < 1.29 is 4.74 Å². The Kier molecular flexibility index (Phi) is 5.47. The van der Waals surface area contributed by atoms with Crippen LogP contribution in [0.1, 0.15) is 37.6 Å². The van der Waals surface area contributed by atoms with Crippen molar-refractivity contribution in [1.29, 1.82) is 0 Å². The van der Waals surface area contributed by atoms with Crippen LogP contribution in [-0.4, -0.2) is 21.6 Å². The second-order valence-corrected chi connectivity index (χ2v) is 5.66. The Hall–Kier alpha value is -1.49. The molecule has 0 radical (unpaired) electrons. The van der Waals surface area contributed by atoms with Crippen molar-refractivity contribution in [3.05, 3.63) is 46.6 Å². The number of aryl methyl sites for hydroxylation is 1. The van der Waals surface area contributed by atoms with Crippen molar-refractivity contribution in [2.24, 2.45) is 0 Å². The second kappa shape index (κ2) is 7.33. The topological polar surface area (TPSA) is 47.9 Å². The predicted octanol–water partition coefficient (Wildman–Crippen LogP) is 3.77. The Bertz CT molecular complexity index is 546. The van der Waals surface area contributed by atoms with E-state index in [9.17, 15) is 0 Å². The molecule has 0 amide bonds. The minimum Gasteiger partial charge on any atom is -0.478 e. The fourth-order valence-electron chi connectivity index (χ4n) is 1.75. The molecule has 0 aliphatic heterocycles. The molecule has 2 heterocycles. The van der Waals surface area contributed by atoms with Crippen LogP contribution in [-0.2, 0) is 6.42 Å². The van der Waals surface area contributed by atoms with Crippen molar-refractivity contribution in [2.45, 2.75) is 32.6 Å². The van der Waals surface area contributed by atoms with Gasteiger partial charge in [-0.1, -0.05) is 13.8 Å². The smallest absolute Gasteiger partial charge is 0.217 e. The van der Waals surface area contributed by atoms with Gasteiger partial charge < -0.3 is 4.74 Å². The van der Waals surface area contributed by atoms with E-state index in [1.807, 2.05) is 24.5 Å². The van der Waals surface area contributed by atoms with Gasteiger partial charge in [0.1, 0.15) is 10.4 Å². The van der Waals surface area contributed by atoms with Crippen LogP contribution in [0.15, 0.2) is 35.2 Å². The molecule has 0 spiro atoms. The Morgan fingerprint density at radius 2 is 1.95 bits per heavy atom. The number of halogens is 1. The highest BCUT2D eigenvalue weighted by Gasteiger charge is 2.07. The van der Waals surface area contributed by atoms with E-state index in [0.29, 0.717) is 12.5 Å². The molecule has 0 N–H and O–H groups in total. The van der Waals surface area contributed by atoms with Crippen molar-refractivity contribution in [3.8, 4) is 5.88 Å². The lowest BCUT2D eigenvalue weighted by Crippen LogP contribution is -2.04. The molecule has 0 atom stereocenters. The molecule has 0 saturated carbocycles. The van der Waals surface area contributed by atoms with Crippen molar-refractivity contribution in [1.82, 2.24) is 15.0 Å². The third-order valence-corrected chi connectivity index (χ3v) is 3.22. The lowest BCUT2D eigenvalue weighted by Gasteiger charge is -2.09. The summed E-state index contributed by atoms with van der Waals surface area (Å²) in [5, 5.41) is 0. The Morgan fingerprint density at radius 3 is 2.65 bits per heavy atom. The molecule has 0 saturated heterocycles. The minimum atomic E-state index is 0.284. The highest BCUT2D eigenvalue weighted by molar-refractivity contribution is 9.10. The molecule has 0 aliphatic carbocycles. The summed E-state index contributed by atoms with van der Waals surface area (Å²) < 4.78 is 6.47. The van der Waals surface area contributed by atoms with Gasteiger partial charge in [0.05, 0.1) is 6.61 Å². The van der Waals surface area contributed by atoms with E-state index >= 15 is 0 Å². The van der Waals surface area contributed by atoms with Gasteiger partial charge in [-0.05, 0) is 46.5 Å². The molecule has 0 fully saturated rings. The first-order chi connectivity index (χ1) is 9.65. The van der Waals surface area contributed by atoms with Crippen LogP contribution in [0.2, 0.25) is 0 Å². The maximum absolute atomic E-state index is 5.70. The van der Waals surface area contributed by atoms with Gasteiger partial charge in [0.15, 0.2) is 0 Å². The first kappa shape index (κ1) is 14.9. The highest BCUT2D eigenvalue weighted by Crippen LogP contribution is 2.19. The van der Waals surface area contributed by atoms with Crippen molar-refractivity contribution in [2.75, 3.05) is 6.61 Å². The molecule has 2 rings (SSSR count). The van der Waals surface area contributed by atoms with Crippen LogP contribution >= 0.6 is 15.9 Å². The molecule has 106 valence electrons. The van der Waals surface area contributed by atoms with Crippen LogP contribution in [0.3, 0.4) is 0 Å². The summed E-state index contributed by atoms with van der Waals surface area (Å²) in [6.07, 6.45) is 5.55. The zero-order valence-electron chi connectivity index (χ0n) is 11.7. The Labute approximate surface area is 127 Å². The molecule has 0 aliphatic rings. The maximum Gasteiger partial charge on any atom is 0.217 e. The van der Waals surface area contributed by atoms with Crippen LogP contribution in [0.25, 0.3) is 0 Å². The van der Waals surface area contributed by atoms with E-state index < -0.39 is 0 Å². The van der Waals surface area contributed by atoms with Gasteiger partial charge in [0, 0.05) is 24.4 Å². The van der Waals surface area contributed by atoms with E-state index in [0.717, 1.165) is 23.3 Å². The van der Waals surface area contributed by atoms with Gasteiger partial charge in [-0.25, -0.2) is 4.98 Å². The number of rotatable bonds is 6. The molecule has 20 heavy (non-hydrogen) atoms.